The monoisotopic (exact) mass is 473 g/mol. The molecule has 0 spiro atoms. The highest BCUT2D eigenvalue weighted by atomic mass is 32.1. The van der Waals surface area contributed by atoms with Crippen molar-refractivity contribution in [2.24, 2.45) is 0 Å². The fourth-order valence-corrected chi connectivity index (χ4v) is 4.25. The number of anilines is 1. The highest BCUT2D eigenvalue weighted by molar-refractivity contribution is 7.22. The van der Waals surface area contributed by atoms with E-state index in [0.29, 0.717) is 10.7 Å². The summed E-state index contributed by atoms with van der Waals surface area (Å²) in [5, 5.41) is 8.01. The van der Waals surface area contributed by atoms with Gasteiger partial charge in [-0.2, -0.15) is 23.3 Å². The van der Waals surface area contributed by atoms with Gasteiger partial charge in [0.05, 0.1) is 28.2 Å². The molecular formula is C23H22F3N5OS. The SMILES string of the molecule is Cc1ccc(-n2nc(C)c3sc(N(C)CC(=O)NCc4ccc(C(F)(F)F)cc4)nc32)cc1. The van der Waals surface area contributed by atoms with E-state index in [2.05, 4.69) is 10.4 Å². The molecule has 0 fully saturated rings. The number of nitrogens with one attached hydrogen (secondary N) is 1. The maximum Gasteiger partial charge on any atom is 0.416 e. The first kappa shape index (κ1) is 22.8. The Kier molecular flexibility index (Phi) is 6.11. The van der Waals surface area contributed by atoms with E-state index in [0.717, 1.165) is 39.4 Å². The molecule has 2 heterocycles. The van der Waals surface area contributed by atoms with Crippen LogP contribution < -0.4 is 10.2 Å². The second-order valence-corrected chi connectivity index (χ2v) is 8.79. The van der Waals surface area contributed by atoms with E-state index in [4.69, 9.17) is 4.98 Å². The summed E-state index contributed by atoms with van der Waals surface area (Å²) in [6.07, 6.45) is -4.38. The van der Waals surface area contributed by atoms with E-state index in [9.17, 15) is 18.0 Å². The van der Waals surface area contributed by atoms with E-state index in [1.807, 2.05) is 38.1 Å². The summed E-state index contributed by atoms with van der Waals surface area (Å²) in [7, 11) is 1.77. The molecule has 0 saturated heterocycles. The Morgan fingerprint density at radius 1 is 1.09 bits per heavy atom. The first-order valence-corrected chi connectivity index (χ1v) is 11.0. The van der Waals surface area contributed by atoms with E-state index in [-0.39, 0.29) is 19.0 Å². The number of aryl methyl sites for hydroxylation is 2. The first-order valence-electron chi connectivity index (χ1n) is 10.2. The number of likely N-dealkylation sites (N-methyl/N-ethyl adjacent to an activating group) is 1. The molecular weight excluding hydrogens is 451 g/mol. The molecule has 0 aliphatic heterocycles. The van der Waals surface area contributed by atoms with Crippen LogP contribution in [-0.4, -0.2) is 34.3 Å². The fourth-order valence-electron chi connectivity index (χ4n) is 3.30. The number of nitrogens with zero attached hydrogens (tertiary/aromatic N) is 4. The van der Waals surface area contributed by atoms with Gasteiger partial charge in [-0.15, -0.1) is 0 Å². The predicted octanol–water partition coefficient (Wildman–Crippen LogP) is 4.87. The molecule has 33 heavy (non-hydrogen) atoms. The molecule has 0 unspecified atom stereocenters. The van der Waals surface area contributed by atoms with Crippen molar-refractivity contribution in [3.05, 3.63) is 70.9 Å². The van der Waals surface area contributed by atoms with Gasteiger partial charge in [0.25, 0.3) is 0 Å². The van der Waals surface area contributed by atoms with Gasteiger partial charge < -0.3 is 10.2 Å². The van der Waals surface area contributed by atoms with Gasteiger partial charge in [0.15, 0.2) is 10.8 Å². The molecule has 0 atom stereocenters. The van der Waals surface area contributed by atoms with Crippen LogP contribution in [0.4, 0.5) is 18.3 Å². The van der Waals surface area contributed by atoms with Crippen molar-refractivity contribution in [2.75, 3.05) is 18.5 Å². The lowest BCUT2D eigenvalue weighted by molar-refractivity contribution is -0.137. The Labute approximate surface area is 192 Å². The number of thiazole rings is 1. The van der Waals surface area contributed by atoms with Gasteiger partial charge in [0.1, 0.15) is 0 Å². The summed E-state index contributed by atoms with van der Waals surface area (Å²) >= 11 is 1.46. The number of amides is 1. The predicted molar refractivity (Wildman–Crippen MR) is 123 cm³/mol. The molecule has 0 saturated carbocycles. The van der Waals surface area contributed by atoms with Crippen molar-refractivity contribution < 1.29 is 18.0 Å². The third-order valence-electron chi connectivity index (χ3n) is 5.13. The maximum absolute atomic E-state index is 12.7. The van der Waals surface area contributed by atoms with E-state index >= 15 is 0 Å². The second kappa shape index (κ2) is 8.86. The van der Waals surface area contributed by atoms with Crippen LogP contribution in [0.25, 0.3) is 16.0 Å². The summed E-state index contributed by atoms with van der Waals surface area (Å²) < 4.78 is 40.7. The van der Waals surface area contributed by atoms with Gasteiger partial charge in [-0.1, -0.05) is 41.2 Å². The summed E-state index contributed by atoms with van der Waals surface area (Å²) in [6, 6.07) is 12.7. The number of aromatic nitrogens is 3. The molecule has 10 heteroatoms. The number of rotatable bonds is 6. The molecule has 0 bridgehead atoms. The number of hydrogen-bond acceptors (Lipinski definition) is 5. The number of alkyl halides is 3. The lowest BCUT2D eigenvalue weighted by Crippen LogP contribution is -2.34. The van der Waals surface area contributed by atoms with Crippen LogP contribution in [0.2, 0.25) is 0 Å². The van der Waals surface area contributed by atoms with E-state index < -0.39 is 11.7 Å². The number of carbonyl (C=O) groups excluding carboxylic acids is 1. The Bertz CT molecular complexity index is 1280. The van der Waals surface area contributed by atoms with Crippen LogP contribution in [0.1, 0.15) is 22.4 Å². The van der Waals surface area contributed by atoms with Crippen molar-refractivity contribution in [2.45, 2.75) is 26.6 Å². The third-order valence-corrected chi connectivity index (χ3v) is 6.40. The molecule has 6 nitrogen and oxygen atoms in total. The van der Waals surface area contributed by atoms with Crippen molar-refractivity contribution in [3.63, 3.8) is 0 Å². The number of hydrogen-bond donors (Lipinski definition) is 1. The Hall–Kier alpha value is -3.40. The van der Waals surface area contributed by atoms with Crippen LogP contribution in [0.3, 0.4) is 0 Å². The van der Waals surface area contributed by atoms with Crippen molar-refractivity contribution in [3.8, 4) is 5.69 Å². The third kappa shape index (κ3) is 5.00. The second-order valence-electron chi connectivity index (χ2n) is 7.81. The first-order chi connectivity index (χ1) is 15.6. The van der Waals surface area contributed by atoms with Gasteiger partial charge in [0, 0.05) is 13.6 Å². The number of fused-ring (bicyclic) bond motifs is 1. The zero-order chi connectivity index (χ0) is 23.8. The van der Waals surface area contributed by atoms with Crippen molar-refractivity contribution in [1.82, 2.24) is 20.1 Å². The molecule has 0 aliphatic rings. The Morgan fingerprint density at radius 3 is 2.39 bits per heavy atom. The molecule has 0 aliphatic carbocycles. The quantitative estimate of drug-likeness (QED) is 0.434. The molecule has 4 rings (SSSR count). The largest absolute Gasteiger partial charge is 0.416 e. The van der Waals surface area contributed by atoms with Crippen LogP contribution in [0.15, 0.2) is 48.5 Å². The highest BCUT2D eigenvalue weighted by Crippen LogP contribution is 2.32. The van der Waals surface area contributed by atoms with Crippen LogP contribution in [0, 0.1) is 13.8 Å². The Morgan fingerprint density at radius 2 is 1.76 bits per heavy atom. The molecule has 2 aromatic carbocycles. The number of carbonyl (C=O) groups is 1. The normalized spacial score (nSPS) is 11.7. The fraction of sp³-hybridized carbons (Fsp3) is 0.261. The van der Waals surface area contributed by atoms with Crippen LogP contribution in [-0.2, 0) is 17.5 Å². The summed E-state index contributed by atoms with van der Waals surface area (Å²) in [5.41, 5.74) is 3.52. The van der Waals surface area contributed by atoms with Gasteiger partial charge in [0.2, 0.25) is 5.91 Å². The van der Waals surface area contributed by atoms with Crippen LogP contribution in [0.5, 0.6) is 0 Å². The minimum atomic E-state index is -4.38. The number of benzene rings is 2. The van der Waals surface area contributed by atoms with Gasteiger partial charge in [-0.05, 0) is 43.7 Å². The smallest absolute Gasteiger partial charge is 0.350 e. The van der Waals surface area contributed by atoms with E-state index in [1.54, 1.807) is 16.6 Å². The molecule has 2 aromatic heterocycles. The van der Waals surface area contributed by atoms with Crippen molar-refractivity contribution >= 4 is 32.7 Å². The standard InChI is InChI=1S/C23H22F3N5OS/c1-14-4-10-18(11-5-14)31-21-20(15(2)29-31)33-22(28-21)30(3)13-19(32)27-12-16-6-8-17(9-7-16)23(24,25)26/h4-11H,12-13H2,1-3H3,(H,27,32). The topological polar surface area (TPSA) is 63.1 Å². The lowest BCUT2D eigenvalue weighted by Gasteiger charge is -2.15. The summed E-state index contributed by atoms with van der Waals surface area (Å²) in [5.74, 6) is -0.256. The van der Waals surface area contributed by atoms with Crippen molar-refractivity contribution in [1.29, 1.82) is 0 Å². The zero-order valence-corrected chi connectivity index (χ0v) is 19.1. The highest BCUT2D eigenvalue weighted by Gasteiger charge is 2.29. The van der Waals surface area contributed by atoms with Gasteiger partial charge >= 0.3 is 6.18 Å². The molecule has 172 valence electrons. The molecule has 4 aromatic rings. The average Bonchev–Trinajstić information content (AvgIpc) is 3.33. The molecule has 1 N–H and O–H groups in total. The minimum absolute atomic E-state index is 0.0632. The average molecular weight is 474 g/mol. The van der Waals surface area contributed by atoms with E-state index in [1.165, 1.54) is 23.5 Å². The lowest BCUT2D eigenvalue weighted by atomic mass is 10.1. The molecule has 0 radical (unpaired) electrons. The molecule has 1 amide bonds. The zero-order valence-electron chi connectivity index (χ0n) is 18.3. The number of halogens is 3. The minimum Gasteiger partial charge on any atom is -0.350 e. The summed E-state index contributed by atoms with van der Waals surface area (Å²) in [6.45, 7) is 4.15. The summed E-state index contributed by atoms with van der Waals surface area (Å²) in [4.78, 5) is 18.8. The van der Waals surface area contributed by atoms with Gasteiger partial charge in [-0.3, -0.25) is 4.79 Å². The Balaban J connectivity index is 1.42. The maximum atomic E-state index is 12.7. The van der Waals surface area contributed by atoms with Crippen LogP contribution >= 0.6 is 11.3 Å². The van der Waals surface area contributed by atoms with Gasteiger partial charge in [-0.25, -0.2) is 4.68 Å².